The van der Waals surface area contributed by atoms with E-state index in [2.05, 4.69) is 12.2 Å². The molecule has 38 heavy (non-hydrogen) atoms. The third-order valence-corrected chi connectivity index (χ3v) is 5.62. The smallest absolute Gasteiger partial charge is 0.370 e. The van der Waals surface area contributed by atoms with Crippen molar-refractivity contribution >= 4 is 17.7 Å². The maximum Gasteiger partial charge on any atom is 1.00 e. The fourth-order valence-electron chi connectivity index (χ4n) is 3.41. The Bertz CT molecular complexity index is 817. The molecule has 0 radical (unpaired) electrons. The minimum atomic E-state index is -4.21. The summed E-state index contributed by atoms with van der Waals surface area (Å²) in [5.74, 6) is -0.537. The summed E-state index contributed by atoms with van der Waals surface area (Å²) in [6.07, 6.45) is 1.63. The number of rotatable bonds is 5. The van der Waals surface area contributed by atoms with Crippen molar-refractivity contribution in [2.45, 2.75) is 90.0 Å². The molecular formula is C26H43F3KN5O3. The molecule has 3 rings (SSSR count). The van der Waals surface area contributed by atoms with Crippen LogP contribution in [0, 0.1) is 13.8 Å². The van der Waals surface area contributed by atoms with Crippen LogP contribution in [-0.2, 0) is 20.6 Å². The van der Waals surface area contributed by atoms with E-state index in [0.717, 1.165) is 56.3 Å². The summed E-state index contributed by atoms with van der Waals surface area (Å²) in [6.45, 7) is 10.8. The Hall–Kier alpha value is -1.02. The molecule has 0 saturated carbocycles. The number of aryl methyl sites for hydroxylation is 1. The summed E-state index contributed by atoms with van der Waals surface area (Å²) < 4.78 is 35.8. The number of hydrogen-bond acceptors (Lipinski definition) is 5. The van der Waals surface area contributed by atoms with E-state index in [-0.39, 0.29) is 87.2 Å². The fourth-order valence-corrected chi connectivity index (χ4v) is 3.41. The molecule has 2 saturated heterocycles. The molecule has 8 nitrogen and oxygen atoms in total. The molecular weight excluding hydrogens is 526 g/mol. The van der Waals surface area contributed by atoms with Crippen LogP contribution in [0.1, 0.15) is 69.9 Å². The Kier molecular flexibility index (Phi) is 21.4. The summed E-state index contributed by atoms with van der Waals surface area (Å²) >= 11 is 0. The Morgan fingerprint density at radius 1 is 1.11 bits per heavy atom. The van der Waals surface area contributed by atoms with Crippen molar-refractivity contribution in [2.24, 2.45) is 17.2 Å². The molecule has 1 aromatic rings. The van der Waals surface area contributed by atoms with Crippen LogP contribution in [-0.4, -0.2) is 53.8 Å². The van der Waals surface area contributed by atoms with Gasteiger partial charge >= 0.3 is 57.6 Å². The second-order valence-electron chi connectivity index (χ2n) is 8.99. The van der Waals surface area contributed by atoms with Crippen LogP contribution in [0.25, 0.3) is 0 Å². The van der Waals surface area contributed by atoms with Crippen molar-refractivity contribution in [3.63, 3.8) is 0 Å². The number of nitrogens with one attached hydrogen (secondary N) is 1. The van der Waals surface area contributed by atoms with Crippen molar-refractivity contribution in [1.82, 2.24) is 10.2 Å². The SMILES string of the molecule is CCCC(N)=O.Cc1ccc(C(F)(F)F)cc1.NC(=O)C1CCCN1C(=O)C1CCCN1.[CH2-][C@@H](N)CC.[K+]. The van der Waals surface area contributed by atoms with E-state index in [0.29, 0.717) is 19.4 Å². The van der Waals surface area contributed by atoms with Gasteiger partial charge in [-0.3, -0.25) is 14.4 Å². The summed E-state index contributed by atoms with van der Waals surface area (Å²) in [6, 6.07) is 4.72. The van der Waals surface area contributed by atoms with Gasteiger partial charge < -0.3 is 34.3 Å². The predicted octanol–water partition coefficient (Wildman–Crippen LogP) is 0.0621. The second kappa shape index (κ2) is 20.8. The first kappa shape index (κ1) is 39.1. The Labute approximate surface area is 267 Å². The molecule has 0 aromatic heterocycles. The molecule has 12 heteroatoms. The molecule has 2 fully saturated rings. The number of nitrogens with two attached hydrogens (primary N) is 3. The van der Waals surface area contributed by atoms with Crippen LogP contribution in [0.2, 0.25) is 0 Å². The topological polar surface area (TPSA) is 145 Å². The van der Waals surface area contributed by atoms with E-state index in [1.165, 1.54) is 12.1 Å². The maximum atomic E-state index is 12.0. The van der Waals surface area contributed by atoms with Crippen LogP contribution < -0.4 is 73.9 Å². The summed E-state index contributed by atoms with van der Waals surface area (Å²) in [7, 11) is 0. The van der Waals surface area contributed by atoms with Crippen molar-refractivity contribution in [1.29, 1.82) is 0 Å². The summed E-state index contributed by atoms with van der Waals surface area (Å²) in [4.78, 5) is 34.6. The van der Waals surface area contributed by atoms with Crippen LogP contribution in [0.4, 0.5) is 13.2 Å². The molecule has 2 unspecified atom stereocenters. The molecule has 2 heterocycles. The van der Waals surface area contributed by atoms with Gasteiger partial charge in [-0.15, -0.1) is 6.04 Å². The molecule has 2 aliphatic heterocycles. The van der Waals surface area contributed by atoms with E-state index in [4.69, 9.17) is 17.2 Å². The molecule has 0 bridgehead atoms. The normalized spacial score (nSPS) is 18.8. The van der Waals surface area contributed by atoms with Crippen LogP contribution in [0.15, 0.2) is 24.3 Å². The zero-order chi connectivity index (χ0) is 28.6. The van der Waals surface area contributed by atoms with Gasteiger partial charge in [0, 0.05) is 13.0 Å². The number of halogens is 3. The van der Waals surface area contributed by atoms with E-state index < -0.39 is 11.7 Å². The van der Waals surface area contributed by atoms with Crippen LogP contribution in [0.5, 0.6) is 0 Å². The molecule has 3 atom stereocenters. The van der Waals surface area contributed by atoms with Gasteiger partial charge in [0.25, 0.3) is 0 Å². The van der Waals surface area contributed by atoms with Crippen LogP contribution >= 0.6 is 0 Å². The van der Waals surface area contributed by atoms with E-state index >= 15 is 0 Å². The molecule has 2 aliphatic rings. The van der Waals surface area contributed by atoms with Crippen molar-refractivity contribution in [3.8, 4) is 0 Å². The Balaban J connectivity index is 0. The quantitative estimate of drug-likeness (QED) is 0.293. The monoisotopic (exact) mass is 569 g/mol. The number of hydrogen-bond donors (Lipinski definition) is 4. The number of carbonyl (C=O) groups is 3. The molecule has 1 aromatic carbocycles. The van der Waals surface area contributed by atoms with E-state index in [9.17, 15) is 27.6 Å². The minimum absolute atomic E-state index is 0. The number of likely N-dealkylation sites (tertiary alicyclic amines) is 1. The third-order valence-electron chi connectivity index (χ3n) is 5.62. The number of alkyl halides is 3. The first-order chi connectivity index (χ1) is 17.2. The zero-order valence-electron chi connectivity index (χ0n) is 23.2. The van der Waals surface area contributed by atoms with Gasteiger partial charge in [-0.1, -0.05) is 38.0 Å². The minimum Gasteiger partial charge on any atom is -0.370 e. The predicted molar refractivity (Wildman–Crippen MR) is 139 cm³/mol. The van der Waals surface area contributed by atoms with Crippen LogP contribution in [0.3, 0.4) is 0 Å². The molecule has 7 N–H and O–H groups in total. The molecule has 3 amide bonds. The van der Waals surface area contributed by atoms with Crippen molar-refractivity contribution < 1.29 is 78.9 Å². The number of benzene rings is 1. The Morgan fingerprint density at radius 2 is 1.66 bits per heavy atom. The standard InChI is InChI=1S/C10H17N3O2.C8H7F3.C4H9NO.C4H10N.K/c11-9(14)8-4-2-6-13(8)10(15)7-3-1-5-12-7;1-6-2-4-7(5-3-6)8(9,10)11;1-2-3-4(5)6;1-3-4(2)5;/h7-8,12H,1-6H2,(H2,11,14);2-5H,1H3;2-3H2,1H3,(H2,5,6);4H,2-3,5H2,1H3;/q;;;-1;+1/t;;;4-;/m...1./s1. The first-order valence-corrected chi connectivity index (χ1v) is 12.6. The fraction of sp³-hybridized carbons (Fsp3) is 0.615. The summed E-state index contributed by atoms with van der Waals surface area (Å²) in [5, 5.41) is 3.15. The number of primary amides is 2. The summed E-state index contributed by atoms with van der Waals surface area (Å²) in [5.41, 5.74) is 15.5. The van der Waals surface area contributed by atoms with Crippen molar-refractivity contribution in [2.75, 3.05) is 13.1 Å². The first-order valence-electron chi connectivity index (χ1n) is 12.6. The third kappa shape index (κ3) is 16.8. The van der Waals surface area contributed by atoms with Gasteiger partial charge in [-0.25, -0.2) is 0 Å². The molecule has 0 aliphatic carbocycles. The molecule has 0 spiro atoms. The zero-order valence-corrected chi connectivity index (χ0v) is 26.3. The second-order valence-corrected chi connectivity index (χ2v) is 8.99. The number of nitrogens with zero attached hydrogens (tertiary/aromatic N) is 1. The van der Waals surface area contributed by atoms with E-state index in [1.807, 2.05) is 13.8 Å². The number of amides is 3. The number of carbonyl (C=O) groups excluding carboxylic acids is 3. The van der Waals surface area contributed by atoms with E-state index in [1.54, 1.807) is 11.8 Å². The van der Waals surface area contributed by atoms with Gasteiger partial charge in [0.15, 0.2) is 0 Å². The van der Waals surface area contributed by atoms with Gasteiger partial charge in [0.2, 0.25) is 17.7 Å². The van der Waals surface area contributed by atoms with Crippen molar-refractivity contribution in [3.05, 3.63) is 42.3 Å². The Morgan fingerprint density at radius 3 is 2.00 bits per heavy atom. The van der Waals surface area contributed by atoms with Gasteiger partial charge in [0.1, 0.15) is 6.04 Å². The average molecular weight is 570 g/mol. The average Bonchev–Trinajstić information content (AvgIpc) is 3.52. The van der Waals surface area contributed by atoms with Gasteiger partial charge in [-0.05, 0) is 57.7 Å². The maximum absolute atomic E-state index is 12.0. The largest absolute Gasteiger partial charge is 1.00 e. The molecule has 212 valence electrons. The van der Waals surface area contributed by atoms with Gasteiger partial charge in [-0.2, -0.15) is 13.2 Å². The van der Waals surface area contributed by atoms with Gasteiger partial charge in [0.05, 0.1) is 11.6 Å².